The molecule has 0 saturated carbocycles. The molecule has 0 bridgehead atoms. The summed E-state index contributed by atoms with van der Waals surface area (Å²) in [5, 5.41) is 1.31. The van der Waals surface area contributed by atoms with Crippen molar-refractivity contribution in [2.24, 2.45) is 0 Å². The maximum absolute atomic E-state index is 5.22. The third-order valence-corrected chi connectivity index (χ3v) is 3.99. The summed E-state index contributed by atoms with van der Waals surface area (Å²) in [7, 11) is 1.71. The molecule has 0 fully saturated rings. The molecule has 0 aliphatic heterocycles. The second-order valence-electron chi connectivity index (χ2n) is 4.76. The first kappa shape index (κ1) is 10.5. The van der Waals surface area contributed by atoms with Crippen molar-refractivity contribution in [2.75, 3.05) is 7.11 Å². The monoisotopic (exact) mass is 220 g/mol. The topological polar surface area (TPSA) is 9.23 Å². The highest BCUT2D eigenvalue weighted by Gasteiger charge is 2.16. The van der Waals surface area contributed by atoms with Gasteiger partial charge in [-0.2, -0.15) is 0 Å². The lowest BCUT2D eigenvalue weighted by atomic mass is 9.94. The summed E-state index contributed by atoms with van der Waals surface area (Å²) >= 11 is 1.85. The number of methoxy groups -OCH3 is 1. The summed E-state index contributed by atoms with van der Waals surface area (Å²) in [6.07, 6.45) is 0. The number of hydrogen-bond donors (Lipinski definition) is 0. The van der Waals surface area contributed by atoms with Crippen molar-refractivity contribution in [3.8, 4) is 5.75 Å². The van der Waals surface area contributed by atoms with E-state index in [-0.39, 0.29) is 5.41 Å². The number of hydrogen-bond acceptors (Lipinski definition) is 2. The fraction of sp³-hybridized carbons (Fsp3) is 0.385. The Morgan fingerprint density at radius 3 is 2.47 bits per heavy atom. The maximum atomic E-state index is 5.22. The van der Waals surface area contributed by atoms with Crippen molar-refractivity contribution in [3.05, 3.63) is 29.1 Å². The van der Waals surface area contributed by atoms with Gasteiger partial charge in [0.05, 0.1) is 7.11 Å². The van der Waals surface area contributed by atoms with Gasteiger partial charge < -0.3 is 4.74 Å². The van der Waals surface area contributed by atoms with Crippen molar-refractivity contribution in [3.63, 3.8) is 0 Å². The molecule has 2 heteroatoms. The Labute approximate surface area is 94.7 Å². The summed E-state index contributed by atoms with van der Waals surface area (Å²) in [6.45, 7) is 6.73. The summed E-state index contributed by atoms with van der Waals surface area (Å²) in [5.74, 6) is 0.935. The predicted octanol–water partition coefficient (Wildman–Crippen LogP) is 4.21. The van der Waals surface area contributed by atoms with Crippen LogP contribution in [-0.4, -0.2) is 7.11 Å². The average Bonchev–Trinajstić information content (AvgIpc) is 2.59. The van der Waals surface area contributed by atoms with E-state index in [2.05, 4.69) is 39.0 Å². The minimum absolute atomic E-state index is 0.233. The zero-order chi connectivity index (χ0) is 11.1. The van der Waals surface area contributed by atoms with E-state index in [0.29, 0.717) is 0 Å². The molecule has 2 aromatic rings. The molecule has 0 unspecified atom stereocenters. The lowest BCUT2D eigenvalue weighted by Crippen LogP contribution is -2.07. The Balaban J connectivity index is 2.56. The molecule has 15 heavy (non-hydrogen) atoms. The van der Waals surface area contributed by atoms with Crippen molar-refractivity contribution in [1.82, 2.24) is 0 Å². The lowest BCUT2D eigenvalue weighted by molar-refractivity contribution is 0.415. The molecule has 0 radical (unpaired) electrons. The Bertz CT molecular complexity index is 477. The molecule has 80 valence electrons. The molecule has 1 aromatic carbocycles. The van der Waals surface area contributed by atoms with E-state index in [0.717, 1.165) is 5.75 Å². The molecule has 2 rings (SSSR count). The van der Waals surface area contributed by atoms with Crippen LogP contribution in [0, 0.1) is 0 Å². The van der Waals surface area contributed by atoms with Crippen LogP contribution in [0.15, 0.2) is 24.3 Å². The van der Waals surface area contributed by atoms with Gasteiger partial charge in [-0.3, -0.25) is 0 Å². The zero-order valence-electron chi connectivity index (χ0n) is 9.63. The van der Waals surface area contributed by atoms with Crippen LogP contribution in [0.5, 0.6) is 5.75 Å². The van der Waals surface area contributed by atoms with Gasteiger partial charge in [0.2, 0.25) is 0 Å². The smallest absolute Gasteiger partial charge is 0.120 e. The van der Waals surface area contributed by atoms with Crippen molar-refractivity contribution >= 4 is 21.4 Å². The fourth-order valence-corrected chi connectivity index (χ4v) is 2.66. The van der Waals surface area contributed by atoms with Crippen molar-refractivity contribution in [2.45, 2.75) is 26.2 Å². The van der Waals surface area contributed by atoms with Crippen LogP contribution in [0.2, 0.25) is 0 Å². The number of benzene rings is 1. The van der Waals surface area contributed by atoms with Crippen LogP contribution in [0.1, 0.15) is 25.6 Å². The molecule has 0 aliphatic rings. The van der Waals surface area contributed by atoms with Crippen LogP contribution < -0.4 is 4.74 Å². The molecule has 1 aromatic heterocycles. The lowest BCUT2D eigenvalue weighted by Gasteiger charge is -2.14. The highest BCUT2D eigenvalue weighted by molar-refractivity contribution is 7.19. The third-order valence-electron chi connectivity index (χ3n) is 2.47. The second-order valence-corrected chi connectivity index (χ2v) is 5.85. The van der Waals surface area contributed by atoms with E-state index in [4.69, 9.17) is 4.74 Å². The first-order valence-corrected chi connectivity index (χ1v) is 5.90. The van der Waals surface area contributed by atoms with Gasteiger partial charge in [0.15, 0.2) is 0 Å². The van der Waals surface area contributed by atoms with E-state index < -0.39 is 0 Å². The molecule has 1 nitrogen and oxygen atoms in total. The van der Waals surface area contributed by atoms with E-state index >= 15 is 0 Å². The molecule has 1 heterocycles. The first-order valence-electron chi connectivity index (χ1n) is 5.09. The van der Waals surface area contributed by atoms with Crippen LogP contribution in [0.3, 0.4) is 0 Å². The number of thiophene rings is 1. The van der Waals surface area contributed by atoms with Gasteiger partial charge in [-0.1, -0.05) is 20.8 Å². The quantitative estimate of drug-likeness (QED) is 0.699. The molecule has 0 aliphatic carbocycles. The predicted molar refractivity (Wildman–Crippen MR) is 67.1 cm³/mol. The molecule has 0 spiro atoms. The van der Waals surface area contributed by atoms with Gasteiger partial charge in [-0.15, -0.1) is 11.3 Å². The Hall–Kier alpha value is -1.02. The van der Waals surface area contributed by atoms with Gasteiger partial charge >= 0.3 is 0 Å². The Morgan fingerprint density at radius 1 is 1.13 bits per heavy atom. The summed E-state index contributed by atoms with van der Waals surface area (Å²) < 4.78 is 6.53. The standard InChI is InChI=1S/C13H16OS/c1-13(2,3)12-7-9-5-6-10(14-4)8-11(9)15-12/h5-8H,1-4H3. The largest absolute Gasteiger partial charge is 0.497 e. The third kappa shape index (κ3) is 2.00. The minimum atomic E-state index is 0.233. The van der Waals surface area contributed by atoms with Crippen LogP contribution in [0.25, 0.3) is 10.1 Å². The van der Waals surface area contributed by atoms with Gasteiger partial charge in [0, 0.05) is 9.58 Å². The summed E-state index contributed by atoms with van der Waals surface area (Å²) in [4.78, 5) is 1.42. The first-order chi connectivity index (χ1) is 7.00. The zero-order valence-corrected chi connectivity index (χ0v) is 10.4. The van der Waals surface area contributed by atoms with E-state index in [1.807, 2.05) is 17.4 Å². The molecular formula is C13H16OS. The summed E-state index contributed by atoms with van der Waals surface area (Å²) in [6, 6.07) is 8.52. The number of fused-ring (bicyclic) bond motifs is 1. The number of rotatable bonds is 1. The van der Waals surface area contributed by atoms with Gasteiger partial charge in [0.25, 0.3) is 0 Å². The summed E-state index contributed by atoms with van der Waals surface area (Å²) in [5.41, 5.74) is 0.233. The molecule has 0 atom stereocenters. The molecule has 0 amide bonds. The van der Waals surface area contributed by atoms with Gasteiger partial charge in [0.1, 0.15) is 5.75 Å². The van der Waals surface area contributed by atoms with Crippen LogP contribution in [-0.2, 0) is 5.41 Å². The fourth-order valence-electron chi connectivity index (χ4n) is 1.51. The highest BCUT2D eigenvalue weighted by Crippen LogP contribution is 2.35. The van der Waals surface area contributed by atoms with Crippen molar-refractivity contribution < 1.29 is 4.74 Å². The maximum Gasteiger partial charge on any atom is 0.120 e. The Kier molecular flexibility index (Phi) is 2.47. The molecule has 0 N–H and O–H groups in total. The SMILES string of the molecule is COc1ccc2cc(C(C)(C)C)sc2c1. The van der Waals surface area contributed by atoms with Gasteiger partial charge in [-0.25, -0.2) is 0 Å². The van der Waals surface area contributed by atoms with Crippen LogP contribution in [0.4, 0.5) is 0 Å². The average molecular weight is 220 g/mol. The van der Waals surface area contributed by atoms with E-state index in [1.54, 1.807) is 7.11 Å². The van der Waals surface area contributed by atoms with Crippen LogP contribution >= 0.6 is 11.3 Å². The van der Waals surface area contributed by atoms with Crippen molar-refractivity contribution in [1.29, 1.82) is 0 Å². The minimum Gasteiger partial charge on any atom is -0.497 e. The number of ether oxygens (including phenoxy) is 1. The highest BCUT2D eigenvalue weighted by atomic mass is 32.1. The van der Waals surface area contributed by atoms with E-state index in [9.17, 15) is 0 Å². The molecule has 0 saturated heterocycles. The Morgan fingerprint density at radius 2 is 1.87 bits per heavy atom. The second kappa shape index (κ2) is 3.53. The van der Waals surface area contributed by atoms with E-state index in [1.165, 1.54) is 15.0 Å². The normalized spacial score (nSPS) is 12.0. The molecular weight excluding hydrogens is 204 g/mol. The van der Waals surface area contributed by atoms with Gasteiger partial charge in [-0.05, 0) is 35.1 Å².